The monoisotopic (exact) mass is 283 g/mol. The number of piperazine rings is 1. The number of nitrogens with one attached hydrogen (secondary N) is 1. The lowest BCUT2D eigenvalue weighted by Gasteiger charge is -2.34. The summed E-state index contributed by atoms with van der Waals surface area (Å²) in [6.45, 7) is 6.35. The Labute approximate surface area is 125 Å². The molecule has 21 heavy (non-hydrogen) atoms. The topological polar surface area (TPSA) is 37.4 Å². The Morgan fingerprint density at radius 2 is 2.19 bits per heavy atom. The van der Waals surface area contributed by atoms with Gasteiger partial charge in [-0.3, -0.25) is 9.88 Å². The lowest BCUT2D eigenvalue weighted by atomic mass is 10.1. The number of hydrogen-bond donors (Lipinski definition) is 1. The Morgan fingerprint density at radius 1 is 1.29 bits per heavy atom. The summed E-state index contributed by atoms with van der Waals surface area (Å²) in [5.74, 6) is 1.69. The van der Waals surface area contributed by atoms with Crippen molar-refractivity contribution in [1.29, 1.82) is 0 Å². The second kappa shape index (κ2) is 6.70. The SMILES string of the molecule is C[C@H]1CNCCN1Cc1ccccc1Oc1cccnc1. The summed E-state index contributed by atoms with van der Waals surface area (Å²) in [6, 6.07) is 12.6. The number of ether oxygens (including phenoxy) is 1. The molecule has 2 aromatic rings. The van der Waals surface area contributed by atoms with E-state index in [2.05, 4.69) is 34.3 Å². The highest BCUT2D eigenvalue weighted by Gasteiger charge is 2.19. The van der Waals surface area contributed by atoms with Crippen LogP contribution >= 0.6 is 0 Å². The maximum absolute atomic E-state index is 5.98. The summed E-state index contributed by atoms with van der Waals surface area (Å²) in [5, 5.41) is 3.42. The van der Waals surface area contributed by atoms with E-state index in [1.807, 2.05) is 24.3 Å². The van der Waals surface area contributed by atoms with Gasteiger partial charge in [-0.1, -0.05) is 18.2 Å². The summed E-state index contributed by atoms with van der Waals surface area (Å²) in [6.07, 6.45) is 3.49. The van der Waals surface area contributed by atoms with Crippen LogP contribution in [0.4, 0.5) is 0 Å². The van der Waals surface area contributed by atoms with Crippen LogP contribution in [0.3, 0.4) is 0 Å². The van der Waals surface area contributed by atoms with Crippen LogP contribution in [0.1, 0.15) is 12.5 Å². The minimum absolute atomic E-state index is 0.546. The Morgan fingerprint density at radius 3 is 3.00 bits per heavy atom. The molecule has 0 unspecified atom stereocenters. The van der Waals surface area contributed by atoms with Crippen molar-refractivity contribution < 1.29 is 4.74 Å². The van der Waals surface area contributed by atoms with Crippen molar-refractivity contribution in [3.05, 3.63) is 54.4 Å². The second-order valence-electron chi connectivity index (χ2n) is 5.42. The summed E-state index contributed by atoms with van der Waals surface area (Å²) in [4.78, 5) is 6.58. The van der Waals surface area contributed by atoms with E-state index in [9.17, 15) is 0 Å². The highest BCUT2D eigenvalue weighted by atomic mass is 16.5. The summed E-state index contributed by atoms with van der Waals surface area (Å²) < 4.78 is 5.98. The standard InChI is InChI=1S/C17H21N3O/c1-14-11-19-9-10-20(14)13-15-5-2-3-7-17(15)21-16-6-4-8-18-12-16/h2-8,12,14,19H,9-11,13H2,1H3/t14-/m0/s1. The van der Waals surface area contributed by atoms with Gasteiger partial charge >= 0.3 is 0 Å². The highest BCUT2D eigenvalue weighted by Crippen LogP contribution is 2.26. The molecule has 3 rings (SSSR count). The van der Waals surface area contributed by atoms with E-state index in [-0.39, 0.29) is 0 Å². The molecule has 0 amide bonds. The van der Waals surface area contributed by atoms with Crippen LogP contribution in [0.15, 0.2) is 48.8 Å². The van der Waals surface area contributed by atoms with Gasteiger partial charge in [-0.15, -0.1) is 0 Å². The van der Waals surface area contributed by atoms with Gasteiger partial charge in [0.25, 0.3) is 0 Å². The van der Waals surface area contributed by atoms with E-state index in [4.69, 9.17) is 4.74 Å². The first-order chi connectivity index (χ1) is 10.3. The van der Waals surface area contributed by atoms with Crippen molar-refractivity contribution in [1.82, 2.24) is 15.2 Å². The van der Waals surface area contributed by atoms with Crippen molar-refractivity contribution >= 4 is 0 Å². The number of hydrogen-bond acceptors (Lipinski definition) is 4. The van der Waals surface area contributed by atoms with Gasteiger partial charge in [-0.25, -0.2) is 0 Å². The molecule has 1 aromatic carbocycles. The largest absolute Gasteiger partial charge is 0.455 e. The quantitative estimate of drug-likeness (QED) is 0.936. The molecule has 1 aliphatic heterocycles. The Hall–Kier alpha value is -1.91. The molecule has 1 fully saturated rings. The Balaban J connectivity index is 1.76. The van der Waals surface area contributed by atoms with Crippen LogP contribution in [-0.2, 0) is 6.54 Å². The second-order valence-corrected chi connectivity index (χ2v) is 5.42. The molecule has 4 nitrogen and oxygen atoms in total. The van der Waals surface area contributed by atoms with Crippen LogP contribution in [0, 0.1) is 0 Å². The predicted molar refractivity (Wildman–Crippen MR) is 83.5 cm³/mol. The molecule has 1 N–H and O–H groups in total. The number of benzene rings is 1. The third-order valence-electron chi connectivity index (χ3n) is 3.85. The van der Waals surface area contributed by atoms with E-state index < -0.39 is 0 Å². The molecule has 0 aliphatic carbocycles. The molecule has 4 heteroatoms. The van der Waals surface area contributed by atoms with Crippen molar-refractivity contribution in [2.24, 2.45) is 0 Å². The normalized spacial score (nSPS) is 19.4. The fourth-order valence-corrected chi connectivity index (χ4v) is 2.61. The van der Waals surface area contributed by atoms with E-state index in [0.717, 1.165) is 37.7 Å². The first-order valence-corrected chi connectivity index (χ1v) is 7.43. The summed E-state index contributed by atoms with van der Waals surface area (Å²) >= 11 is 0. The average Bonchev–Trinajstić information content (AvgIpc) is 2.52. The van der Waals surface area contributed by atoms with Crippen molar-refractivity contribution in [2.75, 3.05) is 19.6 Å². The maximum Gasteiger partial charge on any atom is 0.145 e. The molecule has 1 aliphatic rings. The van der Waals surface area contributed by atoms with Crippen LogP contribution < -0.4 is 10.1 Å². The maximum atomic E-state index is 5.98. The molecule has 110 valence electrons. The molecule has 0 radical (unpaired) electrons. The van der Waals surface area contributed by atoms with Gasteiger partial charge in [0.05, 0.1) is 6.20 Å². The van der Waals surface area contributed by atoms with E-state index >= 15 is 0 Å². The number of aromatic nitrogens is 1. The van der Waals surface area contributed by atoms with Gasteiger partial charge < -0.3 is 10.1 Å². The van der Waals surface area contributed by atoms with Crippen LogP contribution in [0.25, 0.3) is 0 Å². The fraction of sp³-hybridized carbons (Fsp3) is 0.353. The number of para-hydroxylation sites is 1. The van der Waals surface area contributed by atoms with Gasteiger partial charge in [0, 0.05) is 44.0 Å². The minimum atomic E-state index is 0.546. The van der Waals surface area contributed by atoms with Gasteiger partial charge in [0.1, 0.15) is 11.5 Å². The predicted octanol–water partition coefficient (Wildman–Crippen LogP) is 2.67. The zero-order valence-corrected chi connectivity index (χ0v) is 12.3. The first kappa shape index (κ1) is 14.0. The molecule has 2 heterocycles. The molecule has 0 spiro atoms. The van der Waals surface area contributed by atoms with Crippen molar-refractivity contribution in [3.63, 3.8) is 0 Å². The van der Waals surface area contributed by atoms with Gasteiger partial charge in [-0.2, -0.15) is 0 Å². The molecular formula is C17H21N3O. The third-order valence-corrected chi connectivity index (χ3v) is 3.85. The van der Waals surface area contributed by atoms with E-state index in [0.29, 0.717) is 6.04 Å². The lowest BCUT2D eigenvalue weighted by molar-refractivity contribution is 0.164. The van der Waals surface area contributed by atoms with Crippen LogP contribution in [0.2, 0.25) is 0 Å². The molecular weight excluding hydrogens is 262 g/mol. The van der Waals surface area contributed by atoms with Crippen LogP contribution in [0.5, 0.6) is 11.5 Å². The van der Waals surface area contributed by atoms with Crippen LogP contribution in [-0.4, -0.2) is 35.6 Å². The van der Waals surface area contributed by atoms with Crippen molar-refractivity contribution in [3.8, 4) is 11.5 Å². The van der Waals surface area contributed by atoms with E-state index in [1.54, 1.807) is 12.4 Å². The highest BCUT2D eigenvalue weighted by molar-refractivity contribution is 5.37. The van der Waals surface area contributed by atoms with Gasteiger partial charge in [0.15, 0.2) is 0 Å². The first-order valence-electron chi connectivity index (χ1n) is 7.43. The minimum Gasteiger partial charge on any atom is -0.455 e. The third kappa shape index (κ3) is 3.60. The average molecular weight is 283 g/mol. The number of nitrogens with zero attached hydrogens (tertiary/aromatic N) is 2. The molecule has 1 saturated heterocycles. The number of rotatable bonds is 4. The Bertz CT molecular complexity index is 573. The van der Waals surface area contributed by atoms with Gasteiger partial charge in [-0.05, 0) is 25.1 Å². The summed E-state index contributed by atoms with van der Waals surface area (Å²) in [5.41, 5.74) is 1.22. The zero-order chi connectivity index (χ0) is 14.5. The summed E-state index contributed by atoms with van der Waals surface area (Å²) in [7, 11) is 0. The lowest BCUT2D eigenvalue weighted by Crippen LogP contribution is -2.49. The molecule has 1 atom stereocenters. The fourth-order valence-electron chi connectivity index (χ4n) is 2.61. The Kier molecular flexibility index (Phi) is 4.48. The smallest absolute Gasteiger partial charge is 0.145 e. The van der Waals surface area contributed by atoms with E-state index in [1.165, 1.54) is 5.56 Å². The molecule has 0 bridgehead atoms. The zero-order valence-electron chi connectivity index (χ0n) is 12.3. The molecule has 1 aromatic heterocycles. The van der Waals surface area contributed by atoms with Crippen molar-refractivity contribution in [2.45, 2.75) is 19.5 Å². The molecule has 0 saturated carbocycles. The van der Waals surface area contributed by atoms with Gasteiger partial charge in [0.2, 0.25) is 0 Å². The number of pyridine rings is 1.